The molecule has 70 heavy (non-hydrogen) atoms. The molecule has 0 saturated carbocycles. The van der Waals surface area contributed by atoms with Gasteiger partial charge in [-0.15, -0.1) is 0 Å². The highest BCUT2D eigenvalue weighted by molar-refractivity contribution is 8.23. The van der Waals surface area contributed by atoms with Gasteiger partial charge in [-0.05, 0) is 168 Å². The van der Waals surface area contributed by atoms with Crippen molar-refractivity contribution in [1.82, 2.24) is 0 Å². The first-order valence-corrected chi connectivity index (χ1v) is 26.1. The molecule has 0 amide bonds. The molecule has 0 aliphatic heterocycles. The van der Waals surface area contributed by atoms with Crippen LogP contribution in [0.4, 0.5) is 0 Å². The lowest BCUT2D eigenvalue weighted by Gasteiger charge is -2.30. The Labute approximate surface area is 449 Å². The zero-order chi connectivity index (χ0) is 53.9. The van der Waals surface area contributed by atoms with Crippen molar-refractivity contribution in [2.75, 3.05) is 6.61 Å². The summed E-state index contributed by atoms with van der Waals surface area (Å²) in [6, 6.07) is 18.7. The number of fused-ring (bicyclic) bond motifs is 1. The van der Waals surface area contributed by atoms with Gasteiger partial charge in [-0.25, -0.2) is 0 Å². The molecule has 5 atom stereocenters. The maximum atomic E-state index is 12.5. The Morgan fingerprint density at radius 2 is 1.21 bits per heavy atom. The lowest BCUT2D eigenvalue weighted by molar-refractivity contribution is -0.160. The smallest absolute Gasteiger partial charge is 0.316 e. The van der Waals surface area contributed by atoms with Crippen LogP contribution in [0.25, 0.3) is 0 Å². The molecular formula is C53H67Cl3O10S4. The second kappa shape index (κ2) is 29.8. The minimum Gasteiger partial charge on any atom is -0.479 e. The molecule has 1 aliphatic rings. The third-order valence-corrected chi connectivity index (χ3v) is 12.8. The lowest BCUT2D eigenvalue weighted by Crippen LogP contribution is -2.30. The van der Waals surface area contributed by atoms with Crippen molar-refractivity contribution in [2.45, 2.75) is 127 Å². The van der Waals surface area contributed by atoms with Gasteiger partial charge < -0.3 is 18.9 Å². The zero-order valence-corrected chi connectivity index (χ0v) is 48.0. The van der Waals surface area contributed by atoms with Crippen molar-refractivity contribution in [3.63, 3.8) is 0 Å². The molecule has 384 valence electrons. The van der Waals surface area contributed by atoms with E-state index < -0.39 is 27.8 Å². The Morgan fingerprint density at radius 3 is 1.64 bits per heavy atom. The number of Topliss-reactive ketones (excluding diaryl/α,β-unsaturated/α-hetero) is 3. The molecule has 0 fully saturated rings. The number of halogens is 3. The number of rotatable bonds is 12. The fourth-order valence-electron chi connectivity index (χ4n) is 5.61. The number of thioether (sulfide) groups is 2. The van der Waals surface area contributed by atoms with Crippen LogP contribution < -0.4 is 0 Å². The van der Waals surface area contributed by atoms with Crippen LogP contribution in [0.5, 0.6) is 0 Å². The molecular weight excluding hydrogens is 1030 g/mol. The number of carbonyl (C=O) groups is 6. The fraction of sp³-hybridized carbons (Fsp3) is 0.472. The third-order valence-electron chi connectivity index (χ3n) is 9.61. The first kappa shape index (κ1) is 64.4. The van der Waals surface area contributed by atoms with Gasteiger partial charge in [0.05, 0.1) is 34.4 Å². The van der Waals surface area contributed by atoms with Crippen LogP contribution in [-0.2, 0) is 33.3 Å². The van der Waals surface area contributed by atoms with E-state index >= 15 is 0 Å². The highest BCUT2D eigenvalue weighted by atomic mass is 35.5. The molecule has 3 aromatic carbocycles. The van der Waals surface area contributed by atoms with Gasteiger partial charge in [-0.2, -0.15) is 0 Å². The zero-order valence-electron chi connectivity index (χ0n) is 42.5. The standard InChI is InChI=1S/C18H23ClO3S2.C16H19ClO3.C12H13ClO2S2.C7H12O2/c1-11(16(20)13-6-8-14(19)9-7-13)10-15(24-12(2)23)22-17(21)18(3,4)5;1-9-7-13(20-15(19)16(2,3)4)12-8-10(17)5-6-11(12)14(9)18;1-3-15-12(16)17-8(2)11(14)9-4-6-10(13)7-5-9;1-5-9-6(8)7(2,3)4/h6-9,11,15H,10H2,1-5H3;5-6,8-9,13H,7H2,1-4H3;4-8H,3H2,1-2H3;5H,1H2,2-4H3. The molecule has 4 rings (SSSR count). The van der Waals surface area contributed by atoms with Gasteiger partial charge in [-0.1, -0.05) is 91.0 Å². The average Bonchev–Trinajstić information content (AvgIpc) is 3.25. The number of ether oxygens (including phenoxy) is 4. The van der Waals surface area contributed by atoms with E-state index in [4.69, 9.17) is 73.4 Å². The number of hydrogen-bond donors (Lipinski definition) is 0. The summed E-state index contributed by atoms with van der Waals surface area (Å²) in [5, 5.41) is 1.49. The van der Waals surface area contributed by atoms with Crippen LogP contribution in [0, 0.1) is 28.1 Å². The molecule has 17 heteroatoms. The van der Waals surface area contributed by atoms with Gasteiger partial charge >= 0.3 is 17.9 Å². The number of carbonyl (C=O) groups excluding carboxylic acids is 6. The number of benzene rings is 3. The van der Waals surface area contributed by atoms with Crippen LogP contribution >= 0.6 is 82.8 Å². The van der Waals surface area contributed by atoms with Crippen LogP contribution in [0.15, 0.2) is 79.6 Å². The highest BCUT2D eigenvalue weighted by Crippen LogP contribution is 2.38. The molecule has 0 N–H and O–H groups in total. The second-order valence-electron chi connectivity index (χ2n) is 19.2. The Balaban J connectivity index is 0.000000488. The largest absolute Gasteiger partial charge is 0.479 e. The predicted octanol–water partition coefficient (Wildman–Crippen LogP) is 15.4. The SMILES string of the molecule is C=COC(=O)C(C)(C)C.CC(=S)SC(CC(C)C(=O)c1ccc(Cl)cc1)OC(=O)C(C)(C)C.CC1CC(OC(=O)C(C)(C)C)c2cc(Cl)ccc2C1=O.CCOC(=S)SC(C)C(=O)c1ccc(Cl)cc1. The van der Waals surface area contributed by atoms with Gasteiger partial charge in [0.1, 0.15) is 6.10 Å². The first-order valence-electron chi connectivity index (χ1n) is 22.4. The maximum absolute atomic E-state index is 12.5. The van der Waals surface area contributed by atoms with Gasteiger partial charge in [0.2, 0.25) is 4.38 Å². The molecule has 0 heterocycles. The molecule has 3 aromatic rings. The van der Waals surface area contributed by atoms with Gasteiger partial charge in [-0.3, -0.25) is 28.8 Å². The van der Waals surface area contributed by atoms with E-state index in [1.54, 1.807) is 115 Å². The summed E-state index contributed by atoms with van der Waals surface area (Å²) in [5.41, 5.74) is 0.499. The van der Waals surface area contributed by atoms with Crippen molar-refractivity contribution in [3.8, 4) is 0 Å². The molecule has 1 aliphatic carbocycles. The monoisotopic (exact) mass is 1100 g/mol. The normalized spacial score (nSPS) is 15.4. The second-order valence-corrected chi connectivity index (χ2v) is 24.7. The third kappa shape index (κ3) is 23.3. The number of ketones is 3. The first-order chi connectivity index (χ1) is 32.2. The Hall–Kier alpha value is -3.63. The summed E-state index contributed by atoms with van der Waals surface area (Å²) < 4.78 is 21.9. The van der Waals surface area contributed by atoms with E-state index in [0.29, 0.717) is 59.8 Å². The summed E-state index contributed by atoms with van der Waals surface area (Å²) in [7, 11) is 0. The Bertz CT molecular complexity index is 2300. The molecule has 5 unspecified atom stereocenters. The molecule has 0 aromatic heterocycles. The predicted molar refractivity (Wildman–Crippen MR) is 295 cm³/mol. The van der Waals surface area contributed by atoms with E-state index in [0.717, 1.165) is 11.8 Å². The van der Waals surface area contributed by atoms with Crippen molar-refractivity contribution < 1.29 is 47.7 Å². The summed E-state index contributed by atoms with van der Waals surface area (Å²) >= 11 is 30.3. The molecule has 0 radical (unpaired) electrons. The minimum absolute atomic E-state index is 0.00824. The van der Waals surface area contributed by atoms with Crippen LogP contribution in [0.1, 0.15) is 153 Å². The van der Waals surface area contributed by atoms with Crippen molar-refractivity contribution in [3.05, 3.63) is 117 Å². The fourth-order valence-corrected chi connectivity index (χ4v) is 8.52. The van der Waals surface area contributed by atoms with Gasteiger partial charge in [0.15, 0.2) is 22.8 Å². The van der Waals surface area contributed by atoms with Crippen LogP contribution in [0.3, 0.4) is 0 Å². The topological polar surface area (TPSA) is 139 Å². The van der Waals surface area contributed by atoms with E-state index in [-0.39, 0.29) is 52.3 Å². The summed E-state index contributed by atoms with van der Waals surface area (Å²) in [5.74, 6) is -1.18. The van der Waals surface area contributed by atoms with Crippen molar-refractivity contribution in [1.29, 1.82) is 0 Å². The summed E-state index contributed by atoms with van der Waals surface area (Å²) in [4.78, 5) is 71.7. The summed E-state index contributed by atoms with van der Waals surface area (Å²) in [6.45, 7) is 29.1. The lowest BCUT2D eigenvalue weighted by atomic mass is 9.81. The van der Waals surface area contributed by atoms with E-state index in [9.17, 15) is 28.8 Å². The quantitative estimate of drug-likeness (QED) is 0.0424. The van der Waals surface area contributed by atoms with Crippen molar-refractivity contribution >= 4 is 127 Å². The molecule has 10 nitrogen and oxygen atoms in total. The number of thiocarbonyl (C=S) groups is 2. The van der Waals surface area contributed by atoms with E-state index in [2.05, 4.69) is 11.3 Å². The Kier molecular flexibility index (Phi) is 27.4. The summed E-state index contributed by atoms with van der Waals surface area (Å²) in [6.07, 6.45) is 1.66. The molecule has 0 spiro atoms. The van der Waals surface area contributed by atoms with Crippen LogP contribution in [-0.4, -0.2) is 61.1 Å². The Morgan fingerprint density at radius 1 is 0.743 bits per heavy atom. The van der Waals surface area contributed by atoms with Crippen molar-refractivity contribution in [2.24, 2.45) is 28.1 Å². The average molecular weight is 1100 g/mol. The van der Waals surface area contributed by atoms with Gasteiger partial charge in [0, 0.05) is 59.8 Å². The maximum Gasteiger partial charge on any atom is 0.316 e. The molecule has 0 bridgehead atoms. The number of esters is 3. The highest BCUT2D eigenvalue weighted by Gasteiger charge is 2.36. The molecule has 0 saturated heterocycles. The van der Waals surface area contributed by atoms with Crippen LogP contribution in [0.2, 0.25) is 15.1 Å². The van der Waals surface area contributed by atoms with Gasteiger partial charge in [0.25, 0.3) is 0 Å². The van der Waals surface area contributed by atoms with E-state index in [1.807, 2.05) is 48.5 Å². The minimum atomic E-state index is -0.600. The number of hydrogen-bond acceptors (Lipinski definition) is 14. The van der Waals surface area contributed by atoms with E-state index in [1.165, 1.54) is 23.5 Å².